The van der Waals surface area contributed by atoms with Gasteiger partial charge < -0.3 is 16.0 Å². The highest BCUT2D eigenvalue weighted by Gasteiger charge is 2.17. The summed E-state index contributed by atoms with van der Waals surface area (Å²) < 4.78 is 26.4. The molecule has 1 atom stereocenters. The number of rotatable bonds is 5. The van der Waals surface area contributed by atoms with E-state index in [0.29, 0.717) is 12.6 Å². The van der Waals surface area contributed by atoms with Crippen molar-refractivity contribution in [2.75, 3.05) is 30.7 Å². The Morgan fingerprint density at radius 3 is 2.95 bits per heavy atom. The molecule has 1 saturated heterocycles. The normalized spacial score (nSPS) is 20.1. The number of aromatic nitrogens is 1. The van der Waals surface area contributed by atoms with Crippen LogP contribution in [0.25, 0.3) is 0 Å². The quantitative estimate of drug-likeness (QED) is 0.816. The number of pyridine rings is 1. The van der Waals surface area contributed by atoms with Crippen LogP contribution in [0.2, 0.25) is 0 Å². The average Bonchev–Trinajstić information content (AvgIpc) is 2.42. The summed E-state index contributed by atoms with van der Waals surface area (Å²) in [5, 5.41) is 2.88. The van der Waals surface area contributed by atoms with E-state index in [1.54, 1.807) is 0 Å². The second-order valence-corrected chi connectivity index (χ2v) is 5.35. The molecule has 0 radical (unpaired) electrons. The first-order valence-corrected chi connectivity index (χ1v) is 7.17. The second-order valence-electron chi connectivity index (χ2n) is 5.35. The minimum atomic E-state index is -0.824. The maximum Gasteiger partial charge on any atom is 0.168 e. The third-order valence-corrected chi connectivity index (χ3v) is 3.81. The van der Waals surface area contributed by atoms with E-state index in [1.807, 2.05) is 0 Å². The van der Waals surface area contributed by atoms with Crippen LogP contribution < -0.4 is 11.1 Å². The van der Waals surface area contributed by atoms with Gasteiger partial charge in [0.15, 0.2) is 23.3 Å². The lowest BCUT2D eigenvalue weighted by Gasteiger charge is -2.33. The summed E-state index contributed by atoms with van der Waals surface area (Å²) in [5.74, 6) is -1.78. The molecular formula is C14H22F2N4. The van der Waals surface area contributed by atoms with E-state index in [9.17, 15) is 8.78 Å². The molecule has 6 heteroatoms. The molecule has 0 saturated carbocycles. The molecule has 0 amide bonds. The van der Waals surface area contributed by atoms with E-state index >= 15 is 0 Å². The minimum Gasteiger partial charge on any atom is -0.381 e. The van der Waals surface area contributed by atoms with Crippen LogP contribution >= 0.6 is 0 Å². The number of nitrogen functional groups attached to an aromatic ring is 1. The van der Waals surface area contributed by atoms with E-state index < -0.39 is 11.6 Å². The summed E-state index contributed by atoms with van der Waals surface area (Å²) in [6.07, 6.45) is 4.70. The number of likely N-dealkylation sites (tertiary alicyclic amines) is 1. The molecule has 0 aliphatic carbocycles. The lowest BCUT2D eigenvalue weighted by atomic mass is 10.0. The Labute approximate surface area is 118 Å². The van der Waals surface area contributed by atoms with Crippen LogP contribution in [0.5, 0.6) is 0 Å². The standard InChI is InChI=1S/C14H22F2N4/c1-10-5-2-3-7-20(10)8-4-6-18-14-12(16)9-11(15)13(17)19-14/h9-10H,2-8H2,1H3,(H3,17,18,19). The molecule has 4 nitrogen and oxygen atoms in total. The summed E-state index contributed by atoms with van der Waals surface area (Å²) in [6.45, 7) is 4.95. The number of nitrogens with two attached hydrogens (primary N) is 1. The lowest BCUT2D eigenvalue weighted by Crippen LogP contribution is -2.38. The molecule has 20 heavy (non-hydrogen) atoms. The van der Waals surface area contributed by atoms with Gasteiger partial charge in [0.05, 0.1) is 0 Å². The van der Waals surface area contributed by atoms with Crippen LogP contribution in [-0.2, 0) is 0 Å². The zero-order valence-electron chi connectivity index (χ0n) is 11.8. The zero-order chi connectivity index (χ0) is 14.5. The van der Waals surface area contributed by atoms with Crippen molar-refractivity contribution >= 4 is 11.6 Å². The summed E-state index contributed by atoms with van der Waals surface area (Å²) in [4.78, 5) is 6.13. The molecule has 2 rings (SSSR count). The molecule has 1 fully saturated rings. The van der Waals surface area contributed by atoms with Gasteiger partial charge in [-0.2, -0.15) is 0 Å². The van der Waals surface area contributed by atoms with Gasteiger partial charge in [0.25, 0.3) is 0 Å². The van der Waals surface area contributed by atoms with Crippen LogP contribution in [0, 0.1) is 11.6 Å². The number of piperidine rings is 1. The smallest absolute Gasteiger partial charge is 0.168 e. The van der Waals surface area contributed by atoms with Crippen LogP contribution in [0.1, 0.15) is 32.6 Å². The van der Waals surface area contributed by atoms with E-state index in [4.69, 9.17) is 5.73 Å². The Hall–Kier alpha value is -1.43. The highest BCUT2D eigenvalue weighted by Crippen LogP contribution is 2.18. The number of nitrogens with one attached hydrogen (secondary N) is 1. The molecule has 3 N–H and O–H groups in total. The molecule has 1 aromatic rings. The van der Waals surface area contributed by atoms with E-state index in [1.165, 1.54) is 19.3 Å². The van der Waals surface area contributed by atoms with Crippen molar-refractivity contribution in [1.82, 2.24) is 9.88 Å². The molecule has 1 unspecified atom stereocenters. The van der Waals surface area contributed by atoms with Crippen molar-refractivity contribution in [1.29, 1.82) is 0 Å². The molecule has 2 heterocycles. The van der Waals surface area contributed by atoms with Crippen LogP contribution in [0.3, 0.4) is 0 Å². The average molecular weight is 284 g/mol. The van der Waals surface area contributed by atoms with E-state index in [-0.39, 0.29) is 11.6 Å². The first-order valence-electron chi connectivity index (χ1n) is 7.17. The van der Waals surface area contributed by atoms with Gasteiger partial charge in [-0.05, 0) is 32.7 Å². The summed E-state index contributed by atoms with van der Waals surface area (Å²) in [6, 6.07) is 1.39. The third-order valence-electron chi connectivity index (χ3n) is 3.81. The van der Waals surface area contributed by atoms with Gasteiger partial charge in [-0.25, -0.2) is 13.8 Å². The molecule has 0 aromatic carbocycles. The number of halogens is 2. The Morgan fingerprint density at radius 2 is 2.20 bits per heavy atom. The minimum absolute atomic E-state index is 0.0237. The molecule has 112 valence electrons. The monoisotopic (exact) mass is 284 g/mol. The van der Waals surface area contributed by atoms with Crippen molar-refractivity contribution in [2.45, 2.75) is 38.6 Å². The van der Waals surface area contributed by atoms with Crippen molar-refractivity contribution in [3.8, 4) is 0 Å². The Balaban J connectivity index is 1.77. The van der Waals surface area contributed by atoms with Crippen molar-refractivity contribution in [3.63, 3.8) is 0 Å². The first-order chi connectivity index (χ1) is 9.58. The number of hydrogen-bond donors (Lipinski definition) is 2. The van der Waals surface area contributed by atoms with Gasteiger partial charge in [0.2, 0.25) is 0 Å². The molecule has 1 aliphatic heterocycles. The first kappa shape index (κ1) is 15.0. The van der Waals surface area contributed by atoms with Crippen LogP contribution in [0.15, 0.2) is 6.07 Å². The van der Waals surface area contributed by atoms with Crippen LogP contribution in [0.4, 0.5) is 20.4 Å². The van der Waals surface area contributed by atoms with Crippen molar-refractivity contribution in [2.24, 2.45) is 0 Å². The van der Waals surface area contributed by atoms with Gasteiger partial charge >= 0.3 is 0 Å². The zero-order valence-corrected chi connectivity index (χ0v) is 11.8. The van der Waals surface area contributed by atoms with E-state index in [0.717, 1.165) is 25.6 Å². The second kappa shape index (κ2) is 6.83. The van der Waals surface area contributed by atoms with Crippen molar-refractivity contribution in [3.05, 3.63) is 17.7 Å². The van der Waals surface area contributed by atoms with Gasteiger partial charge in [-0.1, -0.05) is 6.42 Å². The van der Waals surface area contributed by atoms with E-state index in [2.05, 4.69) is 22.1 Å². The molecule has 1 aromatic heterocycles. The molecule has 0 bridgehead atoms. The predicted molar refractivity (Wildman–Crippen MR) is 76.6 cm³/mol. The van der Waals surface area contributed by atoms with Crippen molar-refractivity contribution < 1.29 is 8.78 Å². The SMILES string of the molecule is CC1CCCCN1CCCNc1nc(N)c(F)cc1F. The molecular weight excluding hydrogens is 262 g/mol. The molecule has 0 spiro atoms. The highest BCUT2D eigenvalue weighted by atomic mass is 19.1. The topological polar surface area (TPSA) is 54.2 Å². The largest absolute Gasteiger partial charge is 0.381 e. The fourth-order valence-electron chi connectivity index (χ4n) is 2.58. The van der Waals surface area contributed by atoms with Gasteiger partial charge in [0.1, 0.15) is 0 Å². The highest BCUT2D eigenvalue weighted by molar-refractivity contribution is 5.44. The maximum absolute atomic E-state index is 13.4. The summed E-state index contributed by atoms with van der Waals surface area (Å²) in [5.41, 5.74) is 5.33. The fraction of sp³-hybridized carbons (Fsp3) is 0.643. The lowest BCUT2D eigenvalue weighted by molar-refractivity contribution is 0.160. The molecule has 1 aliphatic rings. The van der Waals surface area contributed by atoms with Crippen LogP contribution in [-0.4, -0.2) is 35.6 Å². The van der Waals surface area contributed by atoms with Gasteiger partial charge in [-0.3, -0.25) is 0 Å². The predicted octanol–water partition coefficient (Wildman–Crippen LogP) is 2.62. The Bertz CT molecular complexity index is 453. The number of nitrogens with zero attached hydrogens (tertiary/aromatic N) is 2. The van der Waals surface area contributed by atoms with Gasteiger partial charge in [0, 0.05) is 25.2 Å². The fourth-order valence-corrected chi connectivity index (χ4v) is 2.58. The Morgan fingerprint density at radius 1 is 1.40 bits per heavy atom. The number of anilines is 2. The summed E-state index contributed by atoms with van der Waals surface area (Å²) in [7, 11) is 0. The Kier molecular flexibility index (Phi) is 5.11. The van der Waals surface area contributed by atoms with Gasteiger partial charge in [-0.15, -0.1) is 0 Å². The third kappa shape index (κ3) is 3.79. The number of hydrogen-bond acceptors (Lipinski definition) is 4. The summed E-state index contributed by atoms with van der Waals surface area (Å²) >= 11 is 0. The maximum atomic E-state index is 13.4.